The lowest BCUT2D eigenvalue weighted by Crippen LogP contribution is -2.38. The molecule has 1 fully saturated rings. The molecule has 1 aromatic heterocycles. The number of hydrogen-bond donors (Lipinski definition) is 1. The van der Waals surface area contributed by atoms with Crippen molar-refractivity contribution in [3.63, 3.8) is 0 Å². The number of nitrogens with one attached hydrogen (secondary N) is 1. The van der Waals surface area contributed by atoms with Crippen molar-refractivity contribution in [1.82, 2.24) is 14.5 Å². The molecular weight excluding hydrogens is 286 g/mol. The van der Waals surface area contributed by atoms with Crippen LogP contribution in [0.3, 0.4) is 0 Å². The molecule has 2 heterocycles. The molecule has 1 aromatic carbocycles. The highest BCUT2D eigenvalue weighted by Crippen LogP contribution is 2.28. The van der Waals surface area contributed by atoms with Gasteiger partial charge in [-0.1, -0.05) is 39.3 Å². The van der Waals surface area contributed by atoms with Gasteiger partial charge in [0.2, 0.25) is 0 Å². The first-order valence-corrected chi connectivity index (χ1v) is 8.92. The van der Waals surface area contributed by atoms with Crippen LogP contribution in [-0.4, -0.2) is 34.1 Å². The fourth-order valence-corrected chi connectivity index (χ4v) is 3.48. The van der Waals surface area contributed by atoms with E-state index in [1.54, 1.807) is 0 Å². The predicted octanol–water partition coefficient (Wildman–Crippen LogP) is 3.79. The molecule has 3 rings (SSSR count). The van der Waals surface area contributed by atoms with E-state index >= 15 is 0 Å². The maximum Gasteiger partial charge on any atom is 0.326 e. The van der Waals surface area contributed by atoms with Crippen LogP contribution >= 0.6 is 0 Å². The van der Waals surface area contributed by atoms with Gasteiger partial charge in [-0.2, -0.15) is 0 Å². The van der Waals surface area contributed by atoms with E-state index in [4.69, 9.17) is 0 Å². The molecule has 126 valence electrons. The van der Waals surface area contributed by atoms with Gasteiger partial charge in [0.1, 0.15) is 0 Å². The Morgan fingerprint density at radius 1 is 1.22 bits per heavy atom. The Labute approximate surface area is 138 Å². The molecule has 0 aliphatic carbocycles. The highest BCUT2D eigenvalue weighted by molar-refractivity contribution is 5.75. The molecule has 4 heteroatoms. The van der Waals surface area contributed by atoms with Gasteiger partial charge in [-0.25, -0.2) is 4.79 Å². The van der Waals surface area contributed by atoms with Crippen molar-refractivity contribution in [2.24, 2.45) is 5.41 Å². The van der Waals surface area contributed by atoms with Crippen LogP contribution in [0.5, 0.6) is 0 Å². The zero-order valence-corrected chi connectivity index (χ0v) is 14.6. The molecule has 4 nitrogen and oxygen atoms in total. The summed E-state index contributed by atoms with van der Waals surface area (Å²) in [4.78, 5) is 17.9. The zero-order chi connectivity index (χ0) is 16.4. The SMILES string of the molecule is CCC(C)(C)CCN1CCC(n2c(=O)[nH]c3ccccc32)CC1. The smallest absolute Gasteiger partial charge is 0.306 e. The third kappa shape index (κ3) is 3.52. The first kappa shape index (κ1) is 16.3. The highest BCUT2D eigenvalue weighted by Gasteiger charge is 2.24. The summed E-state index contributed by atoms with van der Waals surface area (Å²) in [5, 5.41) is 0. The van der Waals surface area contributed by atoms with Crippen molar-refractivity contribution in [2.75, 3.05) is 19.6 Å². The maximum atomic E-state index is 12.3. The zero-order valence-electron chi connectivity index (χ0n) is 14.6. The minimum Gasteiger partial charge on any atom is -0.306 e. The molecular formula is C19H29N3O. The van der Waals surface area contributed by atoms with E-state index < -0.39 is 0 Å². The van der Waals surface area contributed by atoms with Crippen LogP contribution in [0.25, 0.3) is 11.0 Å². The van der Waals surface area contributed by atoms with E-state index in [9.17, 15) is 4.79 Å². The number of rotatable bonds is 5. The van der Waals surface area contributed by atoms with Crippen LogP contribution < -0.4 is 5.69 Å². The highest BCUT2D eigenvalue weighted by atomic mass is 16.1. The van der Waals surface area contributed by atoms with Gasteiger partial charge in [-0.05, 0) is 43.4 Å². The number of para-hydroxylation sites is 2. The van der Waals surface area contributed by atoms with Gasteiger partial charge >= 0.3 is 5.69 Å². The van der Waals surface area contributed by atoms with Gasteiger partial charge in [0, 0.05) is 19.1 Å². The number of nitrogens with zero attached hydrogens (tertiary/aromatic N) is 2. The van der Waals surface area contributed by atoms with Crippen molar-refractivity contribution >= 4 is 11.0 Å². The van der Waals surface area contributed by atoms with Crippen molar-refractivity contribution in [1.29, 1.82) is 0 Å². The quantitative estimate of drug-likeness (QED) is 0.912. The van der Waals surface area contributed by atoms with Crippen LogP contribution in [0.1, 0.15) is 52.5 Å². The molecule has 0 bridgehead atoms. The normalized spacial score (nSPS) is 17.9. The summed E-state index contributed by atoms with van der Waals surface area (Å²) in [6, 6.07) is 8.34. The number of hydrogen-bond acceptors (Lipinski definition) is 2. The third-order valence-electron chi connectivity index (χ3n) is 5.61. The maximum absolute atomic E-state index is 12.3. The predicted molar refractivity (Wildman–Crippen MR) is 96.0 cm³/mol. The van der Waals surface area contributed by atoms with Crippen LogP contribution in [-0.2, 0) is 0 Å². The fraction of sp³-hybridized carbons (Fsp3) is 0.632. The van der Waals surface area contributed by atoms with Crippen molar-refractivity contribution < 1.29 is 0 Å². The second kappa shape index (κ2) is 6.52. The monoisotopic (exact) mass is 315 g/mol. The average Bonchev–Trinajstić information content (AvgIpc) is 2.89. The summed E-state index contributed by atoms with van der Waals surface area (Å²) in [6.07, 6.45) is 4.61. The number of aromatic nitrogens is 2. The summed E-state index contributed by atoms with van der Waals surface area (Å²) in [7, 11) is 0. The minimum absolute atomic E-state index is 0.0387. The summed E-state index contributed by atoms with van der Waals surface area (Å²) in [6.45, 7) is 10.3. The van der Waals surface area contributed by atoms with Gasteiger partial charge < -0.3 is 9.88 Å². The van der Waals surface area contributed by atoms with Crippen molar-refractivity contribution in [2.45, 2.75) is 52.5 Å². The van der Waals surface area contributed by atoms with Crippen LogP contribution in [0, 0.1) is 5.41 Å². The molecule has 1 saturated heterocycles. The van der Waals surface area contributed by atoms with Gasteiger partial charge in [0.25, 0.3) is 0 Å². The molecule has 0 atom stereocenters. The molecule has 1 N–H and O–H groups in total. The van der Waals surface area contributed by atoms with E-state index in [0.29, 0.717) is 11.5 Å². The van der Waals surface area contributed by atoms with Gasteiger partial charge in [-0.3, -0.25) is 4.57 Å². The van der Waals surface area contributed by atoms with E-state index in [-0.39, 0.29) is 5.69 Å². The number of likely N-dealkylation sites (tertiary alicyclic amines) is 1. The Balaban J connectivity index is 1.65. The Morgan fingerprint density at radius 2 is 1.91 bits per heavy atom. The van der Waals surface area contributed by atoms with Crippen molar-refractivity contribution in [3.8, 4) is 0 Å². The Kier molecular flexibility index (Phi) is 4.62. The van der Waals surface area contributed by atoms with Crippen LogP contribution in [0.2, 0.25) is 0 Å². The molecule has 1 aliphatic rings. The summed E-state index contributed by atoms with van der Waals surface area (Å²) >= 11 is 0. The number of fused-ring (bicyclic) bond motifs is 1. The number of H-pyrrole nitrogens is 1. The van der Waals surface area contributed by atoms with E-state index in [0.717, 1.165) is 37.0 Å². The number of imidazole rings is 1. The third-order valence-corrected chi connectivity index (χ3v) is 5.61. The molecule has 0 saturated carbocycles. The second-order valence-corrected chi connectivity index (χ2v) is 7.66. The minimum atomic E-state index is 0.0387. The first-order valence-electron chi connectivity index (χ1n) is 8.92. The van der Waals surface area contributed by atoms with Gasteiger partial charge in [-0.15, -0.1) is 0 Å². The lowest BCUT2D eigenvalue weighted by atomic mass is 9.86. The average molecular weight is 315 g/mol. The lowest BCUT2D eigenvalue weighted by molar-refractivity contribution is 0.159. The molecule has 23 heavy (non-hydrogen) atoms. The molecule has 0 unspecified atom stereocenters. The molecule has 2 aromatic rings. The molecule has 0 spiro atoms. The molecule has 1 aliphatic heterocycles. The first-order chi connectivity index (χ1) is 11.0. The molecule has 0 radical (unpaired) electrons. The molecule has 0 amide bonds. The standard InChI is InChI=1S/C19H29N3O/c1-4-19(2,3)11-14-21-12-9-15(10-13-21)22-17-8-6-5-7-16(17)20-18(22)23/h5-8,15H,4,9-14H2,1-3H3,(H,20,23). The fourth-order valence-electron chi connectivity index (χ4n) is 3.48. The van der Waals surface area contributed by atoms with Gasteiger partial charge in [0.15, 0.2) is 0 Å². The van der Waals surface area contributed by atoms with Gasteiger partial charge in [0.05, 0.1) is 11.0 Å². The second-order valence-electron chi connectivity index (χ2n) is 7.66. The van der Waals surface area contributed by atoms with Crippen molar-refractivity contribution in [3.05, 3.63) is 34.7 Å². The number of aromatic amines is 1. The van der Waals surface area contributed by atoms with E-state index in [1.165, 1.54) is 19.4 Å². The number of piperidine rings is 1. The van der Waals surface area contributed by atoms with Crippen LogP contribution in [0.15, 0.2) is 29.1 Å². The summed E-state index contributed by atoms with van der Waals surface area (Å²) in [5.41, 5.74) is 2.47. The van der Waals surface area contributed by atoms with Crippen LogP contribution in [0.4, 0.5) is 0 Å². The lowest BCUT2D eigenvalue weighted by Gasteiger charge is -2.34. The Morgan fingerprint density at radius 3 is 2.61 bits per heavy atom. The van der Waals surface area contributed by atoms with E-state index in [2.05, 4.69) is 30.7 Å². The number of benzene rings is 1. The van der Waals surface area contributed by atoms with E-state index in [1.807, 2.05) is 28.8 Å². The largest absolute Gasteiger partial charge is 0.326 e. The summed E-state index contributed by atoms with van der Waals surface area (Å²) in [5.74, 6) is 0. The Bertz CT molecular complexity index is 705. The summed E-state index contributed by atoms with van der Waals surface area (Å²) < 4.78 is 1.97. The Hall–Kier alpha value is -1.55. The topological polar surface area (TPSA) is 41.0 Å².